The van der Waals surface area contributed by atoms with Gasteiger partial charge in [0.2, 0.25) is 0 Å². The van der Waals surface area contributed by atoms with E-state index in [1.54, 1.807) is 4.90 Å². The topological polar surface area (TPSA) is 91.5 Å². The third kappa shape index (κ3) is 3.92. The number of nitrogens with zero attached hydrogens (tertiary/aromatic N) is 4. The second kappa shape index (κ2) is 7.45. The molecule has 0 amide bonds. The summed E-state index contributed by atoms with van der Waals surface area (Å²) in [5, 5.41) is 23.0. The van der Waals surface area contributed by atoms with Crippen LogP contribution in [0.2, 0.25) is 5.02 Å². The van der Waals surface area contributed by atoms with Crippen molar-refractivity contribution in [1.29, 1.82) is 0 Å². The second-order valence-electron chi connectivity index (χ2n) is 6.21. The number of anilines is 1. The molecule has 0 aliphatic carbocycles. The fourth-order valence-electron chi connectivity index (χ4n) is 2.90. The van der Waals surface area contributed by atoms with E-state index in [2.05, 4.69) is 10.1 Å². The zero-order valence-corrected chi connectivity index (χ0v) is 14.7. The van der Waals surface area contributed by atoms with E-state index in [-0.39, 0.29) is 29.9 Å². The smallest absolute Gasteiger partial charge is 0.396 e. The van der Waals surface area contributed by atoms with Crippen LogP contribution >= 0.6 is 11.6 Å². The molecule has 7 nitrogen and oxygen atoms in total. The summed E-state index contributed by atoms with van der Waals surface area (Å²) in [7, 11) is 0. The van der Waals surface area contributed by atoms with E-state index in [9.17, 15) is 28.2 Å². The van der Waals surface area contributed by atoms with Crippen molar-refractivity contribution >= 4 is 17.3 Å². The summed E-state index contributed by atoms with van der Waals surface area (Å²) in [6, 6.07) is 1.83. The van der Waals surface area contributed by atoms with Gasteiger partial charge in [0.15, 0.2) is 5.82 Å². The number of rotatable bonds is 3. The lowest BCUT2D eigenvalue weighted by Gasteiger charge is -2.36. The summed E-state index contributed by atoms with van der Waals surface area (Å²) in [5.41, 5.74) is -1.37. The first kappa shape index (κ1) is 19.6. The zero-order chi connectivity index (χ0) is 19.8. The quantitative estimate of drug-likeness (QED) is 0.805. The number of hydrogen-bond donors (Lipinski definition) is 2. The van der Waals surface area contributed by atoms with E-state index in [0.717, 1.165) is 16.8 Å². The summed E-state index contributed by atoms with van der Waals surface area (Å²) in [6.45, 7) is 0.502. The first-order valence-corrected chi connectivity index (χ1v) is 8.45. The van der Waals surface area contributed by atoms with Crippen molar-refractivity contribution in [3.05, 3.63) is 45.5 Å². The highest BCUT2D eigenvalue weighted by atomic mass is 35.5. The van der Waals surface area contributed by atoms with E-state index >= 15 is 0 Å². The number of β-amino-alcohol motifs (C(OH)–C–C–N with tert-alkyl or cyclic N) is 1. The van der Waals surface area contributed by atoms with E-state index < -0.39 is 23.4 Å². The Balaban J connectivity index is 1.89. The van der Waals surface area contributed by atoms with Crippen molar-refractivity contribution in [1.82, 2.24) is 14.8 Å². The Morgan fingerprint density at radius 3 is 2.59 bits per heavy atom. The van der Waals surface area contributed by atoms with E-state index in [1.165, 1.54) is 6.20 Å². The molecule has 1 fully saturated rings. The standard InChI is InChI=1S/C16H16ClF3N4O3/c17-14-11(23-4-3-9(8-25)12(26)7-23)6-22-24(15(14)27)13-2-1-10(5-21-13)16(18,19)20/h1-2,5-6,9,12,25-26H,3-4,7-8H2/t9-,12-/m1/s1. The molecule has 146 valence electrons. The molecular weight excluding hydrogens is 389 g/mol. The Labute approximate surface area is 156 Å². The van der Waals surface area contributed by atoms with Crippen LogP contribution in [0.15, 0.2) is 29.3 Å². The van der Waals surface area contributed by atoms with Crippen molar-refractivity contribution in [2.24, 2.45) is 5.92 Å². The van der Waals surface area contributed by atoms with Crippen LogP contribution in [0.1, 0.15) is 12.0 Å². The molecule has 3 rings (SSSR count). The Hall–Kier alpha value is -2.17. The Morgan fingerprint density at radius 1 is 1.30 bits per heavy atom. The monoisotopic (exact) mass is 404 g/mol. The molecule has 2 N–H and O–H groups in total. The molecule has 2 atom stereocenters. The van der Waals surface area contributed by atoms with Crippen molar-refractivity contribution in [3.8, 4) is 5.82 Å². The number of pyridine rings is 1. The molecule has 0 radical (unpaired) electrons. The zero-order valence-electron chi connectivity index (χ0n) is 13.9. The van der Waals surface area contributed by atoms with E-state index in [4.69, 9.17) is 11.6 Å². The predicted molar refractivity (Wildman–Crippen MR) is 91.1 cm³/mol. The molecule has 1 aliphatic heterocycles. The molecule has 1 saturated heterocycles. The van der Waals surface area contributed by atoms with Crippen molar-refractivity contribution < 1.29 is 23.4 Å². The van der Waals surface area contributed by atoms with Crippen molar-refractivity contribution in [2.45, 2.75) is 18.7 Å². The molecule has 0 spiro atoms. The van der Waals surface area contributed by atoms with Gasteiger partial charge >= 0.3 is 6.18 Å². The molecule has 1 aliphatic rings. The van der Waals surface area contributed by atoms with Gasteiger partial charge in [0.25, 0.3) is 5.56 Å². The van der Waals surface area contributed by atoms with Gasteiger partial charge in [0.1, 0.15) is 5.02 Å². The van der Waals surface area contributed by atoms with Crippen molar-refractivity contribution in [3.63, 3.8) is 0 Å². The summed E-state index contributed by atoms with van der Waals surface area (Å²) in [6.07, 6.45) is -2.89. The van der Waals surface area contributed by atoms with Crippen LogP contribution in [0, 0.1) is 5.92 Å². The second-order valence-corrected chi connectivity index (χ2v) is 6.59. The molecule has 11 heteroatoms. The third-order valence-corrected chi connectivity index (χ3v) is 4.84. The van der Waals surface area contributed by atoms with Crippen LogP contribution in [0.25, 0.3) is 5.82 Å². The molecule has 0 saturated carbocycles. The summed E-state index contributed by atoms with van der Waals surface area (Å²) >= 11 is 6.15. The minimum Gasteiger partial charge on any atom is -0.396 e. The van der Waals surface area contributed by atoms with E-state index in [1.807, 2.05) is 0 Å². The van der Waals surface area contributed by atoms with Gasteiger partial charge in [-0.3, -0.25) is 4.79 Å². The number of aliphatic hydroxyl groups excluding tert-OH is 2. The fourth-order valence-corrected chi connectivity index (χ4v) is 3.15. The summed E-state index contributed by atoms with van der Waals surface area (Å²) in [5.74, 6) is -0.342. The Bertz CT molecular complexity index is 873. The first-order valence-electron chi connectivity index (χ1n) is 8.07. The molecule has 2 aromatic rings. The molecular formula is C16H16ClF3N4O3. The largest absolute Gasteiger partial charge is 0.417 e. The molecule has 27 heavy (non-hydrogen) atoms. The number of alkyl halides is 3. The minimum atomic E-state index is -4.53. The summed E-state index contributed by atoms with van der Waals surface area (Å²) in [4.78, 5) is 17.8. The lowest BCUT2D eigenvalue weighted by Crippen LogP contribution is -2.45. The van der Waals surface area contributed by atoms with Gasteiger partial charge in [-0.25, -0.2) is 4.98 Å². The number of hydrogen-bond acceptors (Lipinski definition) is 6. The molecule has 0 aromatic carbocycles. The summed E-state index contributed by atoms with van der Waals surface area (Å²) < 4.78 is 38.7. The van der Waals surface area contributed by atoms with E-state index in [0.29, 0.717) is 24.8 Å². The molecule has 2 aromatic heterocycles. The first-order chi connectivity index (χ1) is 12.7. The Kier molecular flexibility index (Phi) is 5.41. The van der Waals surface area contributed by atoms with Gasteiger partial charge in [-0.15, -0.1) is 0 Å². The third-order valence-electron chi connectivity index (χ3n) is 4.49. The fraction of sp³-hybridized carbons (Fsp3) is 0.438. The normalized spacial score (nSPS) is 20.7. The highest BCUT2D eigenvalue weighted by Gasteiger charge is 2.31. The average molecular weight is 405 g/mol. The maximum absolute atomic E-state index is 12.6. The lowest BCUT2D eigenvalue weighted by molar-refractivity contribution is -0.137. The number of aromatic nitrogens is 3. The number of piperidine rings is 1. The van der Waals surface area contributed by atoms with Gasteiger partial charge in [-0.2, -0.15) is 23.0 Å². The van der Waals surface area contributed by atoms with Crippen LogP contribution in [-0.2, 0) is 6.18 Å². The molecule has 0 unspecified atom stereocenters. The highest BCUT2D eigenvalue weighted by Crippen LogP contribution is 2.29. The molecule has 0 bridgehead atoms. The van der Waals surface area contributed by atoms with Crippen LogP contribution in [-0.4, -0.2) is 50.8 Å². The highest BCUT2D eigenvalue weighted by molar-refractivity contribution is 6.33. The Morgan fingerprint density at radius 2 is 2.04 bits per heavy atom. The average Bonchev–Trinajstić information content (AvgIpc) is 2.63. The number of halogens is 4. The van der Waals surface area contributed by atoms with Gasteiger partial charge in [0, 0.05) is 31.8 Å². The van der Waals surface area contributed by atoms with Crippen LogP contribution in [0.5, 0.6) is 0 Å². The van der Waals surface area contributed by atoms with Gasteiger partial charge < -0.3 is 15.1 Å². The van der Waals surface area contributed by atoms with Gasteiger partial charge in [-0.05, 0) is 18.6 Å². The predicted octanol–water partition coefficient (Wildman–Crippen LogP) is 1.48. The van der Waals surface area contributed by atoms with Gasteiger partial charge in [-0.1, -0.05) is 11.6 Å². The van der Waals surface area contributed by atoms with Gasteiger partial charge in [0.05, 0.1) is 23.6 Å². The minimum absolute atomic E-state index is 0.0968. The SMILES string of the molecule is O=c1c(Cl)c(N2CC[C@H](CO)[C@H](O)C2)cnn1-c1ccc(C(F)(F)F)cn1. The van der Waals surface area contributed by atoms with Crippen LogP contribution in [0.3, 0.4) is 0 Å². The maximum atomic E-state index is 12.6. The van der Waals surface area contributed by atoms with Crippen molar-refractivity contribution in [2.75, 3.05) is 24.6 Å². The number of aliphatic hydroxyl groups is 2. The van der Waals surface area contributed by atoms with Crippen LogP contribution < -0.4 is 10.5 Å². The lowest BCUT2D eigenvalue weighted by atomic mass is 9.94. The van der Waals surface area contributed by atoms with Crippen LogP contribution in [0.4, 0.5) is 18.9 Å². The molecule has 3 heterocycles. The maximum Gasteiger partial charge on any atom is 0.417 e.